The van der Waals surface area contributed by atoms with E-state index >= 15 is 0 Å². The van der Waals surface area contributed by atoms with Gasteiger partial charge in [0, 0.05) is 12.1 Å². The van der Waals surface area contributed by atoms with E-state index < -0.39 is 6.10 Å². The molecule has 17 heavy (non-hydrogen) atoms. The number of benzene rings is 1. The smallest absolute Gasteiger partial charge is 0.123 e. The van der Waals surface area contributed by atoms with Crippen LogP contribution in [0.4, 0.5) is 0 Å². The molecule has 1 aromatic rings. The van der Waals surface area contributed by atoms with Crippen molar-refractivity contribution < 1.29 is 14.6 Å². The Kier molecular flexibility index (Phi) is 5.97. The fourth-order valence-corrected chi connectivity index (χ4v) is 1.35. The summed E-state index contributed by atoms with van der Waals surface area (Å²) in [7, 11) is 0. The van der Waals surface area contributed by atoms with Gasteiger partial charge in [0.2, 0.25) is 0 Å². The first kappa shape index (κ1) is 14.0. The molecule has 0 amide bonds. The van der Waals surface area contributed by atoms with Crippen LogP contribution in [0.25, 0.3) is 0 Å². The Morgan fingerprint density at radius 2 is 1.94 bits per heavy atom. The molecule has 0 fully saturated rings. The average molecular weight is 239 g/mol. The van der Waals surface area contributed by atoms with Crippen molar-refractivity contribution in [3.05, 3.63) is 29.8 Å². The average Bonchev–Trinajstić information content (AvgIpc) is 2.34. The molecule has 1 aromatic carbocycles. The Labute approximate surface area is 102 Å². The number of nitrogens with two attached hydrogens (primary N) is 1. The summed E-state index contributed by atoms with van der Waals surface area (Å²) in [6, 6.07) is 7.55. The van der Waals surface area contributed by atoms with Crippen molar-refractivity contribution in [2.75, 3.05) is 13.2 Å². The third-order valence-corrected chi connectivity index (χ3v) is 2.25. The minimum absolute atomic E-state index is 0.112. The van der Waals surface area contributed by atoms with Gasteiger partial charge in [0.1, 0.15) is 18.5 Å². The number of hydrogen-bond acceptors (Lipinski definition) is 4. The molecule has 0 spiro atoms. The Morgan fingerprint density at radius 3 is 2.59 bits per heavy atom. The van der Waals surface area contributed by atoms with Crippen molar-refractivity contribution in [1.82, 2.24) is 0 Å². The summed E-state index contributed by atoms with van der Waals surface area (Å²) in [5, 5.41) is 9.64. The quantitative estimate of drug-likeness (QED) is 0.753. The number of aliphatic hydroxyl groups is 1. The van der Waals surface area contributed by atoms with Crippen LogP contribution in [0.3, 0.4) is 0 Å². The molecule has 0 radical (unpaired) electrons. The van der Waals surface area contributed by atoms with E-state index in [1.165, 1.54) is 0 Å². The van der Waals surface area contributed by atoms with Crippen molar-refractivity contribution in [3.63, 3.8) is 0 Å². The van der Waals surface area contributed by atoms with Gasteiger partial charge in [-0.15, -0.1) is 0 Å². The summed E-state index contributed by atoms with van der Waals surface area (Å²) in [6.07, 6.45) is -0.510. The van der Waals surface area contributed by atoms with Crippen LogP contribution in [0.1, 0.15) is 19.4 Å². The lowest BCUT2D eigenvalue weighted by molar-refractivity contribution is -0.0124. The normalized spacial score (nSPS) is 12.8. The number of ether oxygens (including phenoxy) is 2. The molecule has 0 aliphatic carbocycles. The molecule has 1 unspecified atom stereocenters. The first-order valence-corrected chi connectivity index (χ1v) is 5.84. The zero-order chi connectivity index (χ0) is 12.7. The summed E-state index contributed by atoms with van der Waals surface area (Å²) in [6.45, 7) is 4.77. The van der Waals surface area contributed by atoms with E-state index in [2.05, 4.69) is 0 Å². The van der Waals surface area contributed by atoms with Crippen LogP contribution in [-0.2, 0) is 11.3 Å². The van der Waals surface area contributed by atoms with Gasteiger partial charge in [-0.2, -0.15) is 0 Å². The molecule has 0 saturated carbocycles. The third kappa shape index (κ3) is 5.17. The summed E-state index contributed by atoms with van der Waals surface area (Å²) in [5.41, 5.74) is 6.52. The lowest BCUT2D eigenvalue weighted by Gasteiger charge is -2.15. The minimum atomic E-state index is -0.622. The van der Waals surface area contributed by atoms with E-state index in [1.54, 1.807) is 0 Å². The maximum Gasteiger partial charge on any atom is 0.123 e. The summed E-state index contributed by atoms with van der Waals surface area (Å²) in [4.78, 5) is 0. The molecule has 0 bridgehead atoms. The van der Waals surface area contributed by atoms with Gasteiger partial charge < -0.3 is 20.3 Å². The zero-order valence-corrected chi connectivity index (χ0v) is 10.4. The molecule has 4 heteroatoms. The fraction of sp³-hybridized carbons (Fsp3) is 0.538. The summed E-state index contributed by atoms with van der Waals surface area (Å²) < 4.78 is 10.8. The molecular formula is C13H21NO3. The first-order chi connectivity index (χ1) is 8.13. The van der Waals surface area contributed by atoms with Gasteiger partial charge in [0.25, 0.3) is 0 Å². The van der Waals surface area contributed by atoms with Gasteiger partial charge in [0.15, 0.2) is 0 Å². The van der Waals surface area contributed by atoms with Crippen LogP contribution in [0.5, 0.6) is 5.75 Å². The summed E-state index contributed by atoms with van der Waals surface area (Å²) in [5.74, 6) is 0.721. The molecule has 0 aliphatic heterocycles. The lowest BCUT2D eigenvalue weighted by Crippen LogP contribution is -2.25. The topological polar surface area (TPSA) is 64.7 Å². The highest BCUT2D eigenvalue weighted by Gasteiger charge is 2.08. The SMILES string of the molecule is CC(C)OCC(O)COc1ccccc1CN. The molecule has 1 atom stereocenters. The van der Waals surface area contributed by atoms with E-state index in [4.69, 9.17) is 15.2 Å². The predicted octanol–water partition coefficient (Wildman–Crippen LogP) is 1.31. The third-order valence-electron chi connectivity index (χ3n) is 2.25. The molecular weight excluding hydrogens is 218 g/mol. The molecule has 4 nitrogen and oxygen atoms in total. The van der Waals surface area contributed by atoms with Gasteiger partial charge in [-0.05, 0) is 19.9 Å². The van der Waals surface area contributed by atoms with Gasteiger partial charge in [0.05, 0.1) is 12.7 Å². The highest BCUT2D eigenvalue weighted by atomic mass is 16.5. The molecule has 0 aromatic heterocycles. The van der Waals surface area contributed by atoms with Gasteiger partial charge in [-0.3, -0.25) is 0 Å². The van der Waals surface area contributed by atoms with Crippen molar-refractivity contribution >= 4 is 0 Å². The molecule has 1 rings (SSSR count). The second-order valence-corrected chi connectivity index (χ2v) is 4.16. The Balaban J connectivity index is 2.39. The molecule has 0 aliphatic rings. The Morgan fingerprint density at radius 1 is 1.24 bits per heavy atom. The van der Waals surface area contributed by atoms with Gasteiger partial charge in [-0.25, -0.2) is 0 Å². The number of para-hydroxylation sites is 1. The van der Waals surface area contributed by atoms with Crippen LogP contribution in [0, 0.1) is 0 Å². The van der Waals surface area contributed by atoms with Crippen LogP contribution in [0.2, 0.25) is 0 Å². The van der Waals surface area contributed by atoms with Crippen LogP contribution in [0.15, 0.2) is 24.3 Å². The van der Waals surface area contributed by atoms with Crippen LogP contribution < -0.4 is 10.5 Å². The lowest BCUT2D eigenvalue weighted by atomic mass is 10.2. The zero-order valence-electron chi connectivity index (χ0n) is 10.4. The van der Waals surface area contributed by atoms with E-state index in [-0.39, 0.29) is 19.3 Å². The van der Waals surface area contributed by atoms with Crippen LogP contribution in [-0.4, -0.2) is 30.5 Å². The first-order valence-electron chi connectivity index (χ1n) is 5.84. The van der Waals surface area contributed by atoms with Crippen LogP contribution >= 0.6 is 0 Å². The maximum absolute atomic E-state index is 9.64. The van der Waals surface area contributed by atoms with Crippen molar-refractivity contribution in [2.45, 2.75) is 32.6 Å². The van der Waals surface area contributed by atoms with Gasteiger partial charge in [-0.1, -0.05) is 18.2 Å². The van der Waals surface area contributed by atoms with E-state index in [0.29, 0.717) is 6.54 Å². The number of aliphatic hydroxyl groups excluding tert-OH is 1. The molecule has 0 heterocycles. The second-order valence-electron chi connectivity index (χ2n) is 4.16. The maximum atomic E-state index is 9.64. The fourth-order valence-electron chi connectivity index (χ4n) is 1.35. The second kappa shape index (κ2) is 7.27. The Hall–Kier alpha value is -1.10. The molecule has 0 saturated heterocycles. The van der Waals surface area contributed by atoms with Crippen molar-refractivity contribution in [1.29, 1.82) is 0 Å². The van der Waals surface area contributed by atoms with Crippen molar-refractivity contribution in [2.24, 2.45) is 5.73 Å². The highest BCUT2D eigenvalue weighted by Crippen LogP contribution is 2.17. The number of rotatable bonds is 7. The minimum Gasteiger partial charge on any atom is -0.490 e. The highest BCUT2D eigenvalue weighted by molar-refractivity contribution is 5.32. The van der Waals surface area contributed by atoms with Gasteiger partial charge >= 0.3 is 0 Å². The summed E-state index contributed by atoms with van der Waals surface area (Å²) >= 11 is 0. The monoisotopic (exact) mass is 239 g/mol. The predicted molar refractivity (Wildman–Crippen MR) is 66.9 cm³/mol. The van der Waals surface area contributed by atoms with E-state index in [1.807, 2.05) is 38.1 Å². The Bertz CT molecular complexity index is 328. The van der Waals surface area contributed by atoms with E-state index in [9.17, 15) is 5.11 Å². The molecule has 3 N–H and O–H groups in total. The molecule has 96 valence electrons. The van der Waals surface area contributed by atoms with Crippen molar-refractivity contribution in [3.8, 4) is 5.75 Å². The number of hydrogen-bond donors (Lipinski definition) is 2. The standard InChI is InChI=1S/C13H21NO3/c1-10(2)16-8-12(15)9-17-13-6-4-3-5-11(13)7-14/h3-6,10,12,15H,7-9,14H2,1-2H3. The van der Waals surface area contributed by atoms with E-state index in [0.717, 1.165) is 11.3 Å². The largest absolute Gasteiger partial charge is 0.490 e.